The normalized spacial score (nSPS) is 32.0. The predicted octanol–water partition coefficient (Wildman–Crippen LogP) is 1.99. The van der Waals surface area contributed by atoms with Gasteiger partial charge in [-0.2, -0.15) is 0 Å². The highest BCUT2D eigenvalue weighted by Crippen LogP contribution is 2.40. The van der Waals surface area contributed by atoms with Gasteiger partial charge in [-0.05, 0) is 31.6 Å². The number of rotatable bonds is 5. The third kappa shape index (κ3) is 2.63. The highest BCUT2D eigenvalue weighted by molar-refractivity contribution is 5.81. The molecule has 4 nitrogen and oxygen atoms in total. The Balaban J connectivity index is 1.95. The van der Waals surface area contributed by atoms with Gasteiger partial charge in [0.2, 0.25) is 0 Å². The summed E-state index contributed by atoms with van der Waals surface area (Å²) in [6.45, 7) is 4.79. The first-order chi connectivity index (χ1) is 8.72. The van der Waals surface area contributed by atoms with Crippen LogP contribution in [0.25, 0.3) is 0 Å². The summed E-state index contributed by atoms with van der Waals surface area (Å²) in [7, 11) is 1.74. The second-order valence-corrected chi connectivity index (χ2v) is 5.78. The molecule has 1 spiro atoms. The van der Waals surface area contributed by atoms with Crippen molar-refractivity contribution in [1.82, 2.24) is 4.90 Å². The summed E-state index contributed by atoms with van der Waals surface area (Å²) >= 11 is 0. The number of methoxy groups -OCH3 is 1. The Labute approximate surface area is 111 Å². The van der Waals surface area contributed by atoms with E-state index in [4.69, 9.17) is 10.5 Å². The van der Waals surface area contributed by atoms with Crippen molar-refractivity contribution in [2.24, 2.45) is 16.6 Å². The van der Waals surface area contributed by atoms with E-state index in [1.807, 2.05) is 0 Å². The molecular formula is C14H27N3O. The zero-order chi connectivity index (χ0) is 13.0. The third-order valence-electron chi connectivity index (χ3n) is 4.64. The first-order valence-electron chi connectivity index (χ1n) is 7.28. The molecule has 0 amide bonds. The molecule has 2 aliphatic rings. The molecule has 1 aliphatic heterocycles. The molecule has 4 heteroatoms. The molecule has 1 fully saturated rings. The Morgan fingerprint density at radius 1 is 1.44 bits per heavy atom. The molecule has 0 radical (unpaired) electrons. The molecule has 2 rings (SSSR count). The van der Waals surface area contributed by atoms with E-state index >= 15 is 0 Å². The number of ether oxygens (including phenoxy) is 1. The van der Waals surface area contributed by atoms with Crippen molar-refractivity contribution in [3.8, 4) is 0 Å². The number of aliphatic imine (C=N–C) groups is 1. The summed E-state index contributed by atoms with van der Waals surface area (Å²) < 4.78 is 5.19. The van der Waals surface area contributed by atoms with Crippen molar-refractivity contribution in [2.75, 3.05) is 26.8 Å². The highest BCUT2D eigenvalue weighted by atomic mass is 16.5. The van der Waals surface area contributed by atoms with Crippen molar-refractivity contribution in [2.45, 2.75) is 51.0 Å². The predicted molar refractivity (Wildman–Crippen MR) is 74.7 cm³/mol. The molecule has 0 atom stereocenters. The van der Waals surface area contributed by atoms with Crippen LogP contribution < -0.4 is 5.73 Å². The number of nitrogens with zero attached hydrogens (tertiary/aromatic N) is 2. The number of nitrogens with two attached hydrogens (primary N) is 1. The van der Waals surface area contributed by atoms with E-state index in [1.54, 1.807) is 7.11 Å². The molecule has 1 aliphatic carbocycles. The number of hydrogen-bond donors (Lipinski definition) is 1. The minimum absolute atomic E-state index is 0.215. The average Bonchev–Trinajstić information content (AvgIpc) is 2.68. The first-order valence-corrected chi connectivity index (χ1v) is 7.28. The van der Waals surface area contributed by atoms with Crippen molar-refractivity contribution >= 4 is 5.96 Å². The highest BCUT2D eigenvalue weighted by Gasteiger charge is 2.44. The summed E-state index contributed by atoms with van der Waals surface area (Å²) in [5.74, 6) is 1.65. The van der Waals surface area contributed by atoms with Gasteiger partial charge >= 0.3 is 0 Å². The molecular weight excluding hydrogens is 226 g/mol. The summed E-state index contributed by atoms with van der Waals surface area (Å²) in [5.41, 5.74) is 6.25. The van der Waals surface area contributed by atoms with Gasteiger partial charge in [-0.15, -0.1) is 0 Å². The minimum atomic E-state index is 0.215. The lowest BCUT2D eigenvalue weighted by Gasteiger charge is -2.44. The SMILES string of the molecule is CCCC1CCC2(CC1)CN=C(N)N2CCOC. The average molecular weight is 253 g/mol. The standard InChI is InChI=1S/C14H27N3O/c1-3-4-12-5-7-14(8-6-12)11-16-13(15)17(14)9-10-18-2/h12H,3-11H2,1-2H3,(H2,15,16). The molecule has 1 saturated carbocycles. The van der Waals surface area contributed by atoms with Crippen molar-refractivity contribution in [1.29, 1.82) is 0 Å². The van der Waals surface area contributed by atoms with Crippen LogP contribution in [0.4, 0.5) is 0 Å². The topological polar surface area (TPSA) is 50.8 Å². The molecule has 18 heavy (non-hydrogen) atoms. The largest absolute Gasteiger partial charge is 0.383 e. The van der Waals surface area contributed by atoms with Gasteiger partial charge in [-0.3, -0.25) is 4.99 Å². The van der Waals surface area contributed by atoms with E-state index in [0.29, 0.717) is 0 Å². The van der Waals surface area contributed by atoms with Crippen molar-refractivity contribution in [3.63, 3.8) is 0 Å². The Bertz CT molecular complexity index is 295. The van der Waals surface area contributed by atoms with Crippen LogP contribution in [-0.4, -0.2) is 43.2 Å². The van der Waals surface area contributed by atoms with Crippen LogP contribution in [0.5, 0.6) is 0 Å². The second-order valence-electron chi connectivity index (χ2n) is 5.78. The van der Waals surface area contributed by atoms with Gasteiger partial charge in [0, 0.05) is 13.7 Å². The van der Waals surface area contributed by atoms with E-state index in [0.717, 1.165) is 31.6 Å². The number of guanidine groups is 1. The second kappa shape index (κ2) is 5.91. The minimum Gasteiger partial charge on any atom is -0.383 e. The van der Waals surface area contributed by atoms with E-state index < -0.39 is 0 Å². The van der Waals surface area contributed by atoms with Crippen LogP contribution in [0.2, 0.25) is 0 Å². The van der Waals surface area contributed by atoms with Gasteiger partial charge in [0.25, 0.3) is 0 Å². The Morgan fingerprint density at radius 3 is 2.78 bits per heavy atom. The Hall–Kier alpha value is -0.770. The summed E-state index contributed by atoms with van der Waals surface area (Å²) in [4.78, 5) is 6.79. The van der Waals surface area contributed by atoms with Crippen LogP contribution >= 0.6 is 0 Å². The van der Waals surface area contributed by atoms with Gasteiger partial charge < -0.3 is 15.4 Å². The molecule has 0 aromatic heterocycles. The van der Waals surface area contributed by atoms with Gasteiger partial charge in [0.15, 0.2) is 5.96 Å². The molecule has 0 bridgehead atoms. The molecule has 0 unspecified atom stereocenters. The van der Waals surface area contributed by atoms with Crippen LogP contribution in [-0.2, 0) is 4.74 Å². The summed E-state index contributed by atoms with van der Waals surface area (Å²) in [6.07, 6.45) is 7.84. The van der Waals surface area contributed by atoms with E-state index in [2.05, 4.69) is 16.8 Å². The lowest BCUT2D eigenvalue weighted by atomic mass is 9.74. The Morgan fingerprint density at radius 2 is 2.17 bits per heavy atom. The van der Waals surface area contributed by atoms with Gasteiger partial charge in [0.1, 0.15) is 0 Å². The van der Waals surface area contributed by atoms with Gasteiger partial charge in [0.05, 0.1) is 18.7 Å². The lowest BCUT2D eigenvalue weighted by molar-refractivity contribution is 0.0852. The van der Waals surface area contributed by atoms with E-state index in [9.17, 15) is 0 Å². The summed E-state index contributed by atoms with van der Waals surface area (Å²) in [5, 5.41) is 0. The first kappa shape index (κ1) is 13.7. The third-order valence-corrected chi connectivity index (χ3v) is 4.64. The Kier molecular flexibility index (Phi) is 4.49. The van der Waals surface area contributed by atoms with Gasteiger partial charge in [-0.1, -0.05) is 19.8 Å². The fraction of sp³-hybridized carbons (Fsp3) is 0.929. The molecule has 104 valence electrons. The quantitative estimate of drug-likeness (QED) is 0.815. The maximum atomic E-state index is 6.04. The molecule has 2 N–H and O–H groups in total. The molecule has 1 heterocycles. The zero-order valence-electron chi connectivity index (χ0n) is 11.8. The molecule has 0 aromatic carbocycles. The zero-order valence-corrected chi connectivity index (χ0v) is 11.8. The van der Waals surface area contributed by atoms with E-state index in [1.165, 1.54) is 38.5 Å². The van der Waals surface area contributed by atoms with Gasteiger partial charge in [-0.25, -0.2) is 0 Å². The maximum absolute atomic E-state index is 6.04. The van der Waals surface area contributed by atoms with Crippen LogP contribution in [0.3, 0.4) is 0 Å². The molecule has 0 aromatic rings. The monoisotopic (exact) mass is 253 g/mol. The molecule has 0 saturated heterocycles. The van der Waals surface area contributed by atoms with E-state index in [-0.39, 0.29) is 5.54 Å². The fourth-order valence-corrected chi connectivity index (χ4v) is 3.52. The van der Waals surface area contributed by atoms with Crippen LogP contribution in [0.15, 0.2) is 4.99 Å². The fourth-order valence-electron chi connectivity index (χ4n) is 3.52. The van der Waals surface area contributed by atoms with Crippen LogP contribution in [0.1, 0.15) is 45.4 Å². The van der Waals surface area contributed by atoms with Crippen molar-refractivity contribution in [3.05, 3.63) is 0 Å². The van der Waals surface area contributed by atoms with Crippen LogP contribution in [0, 0.1) is 5.92 Å². The van der Waals surface area contributed by atoms with Crippen molar-refractivity contribution < 1.29 is 4.74 Å². The summed E-state index contributed by atoms with van der Waals surface area (Å²) in [6, 6.07) is 0. The maximum Gasteiger partial charge on any atom is 0.191 e. The lowest BCUT2D eigenvalue weighted by Crippen LogP contribution is -2.54. The smallest absolute Gasteiger partial charge is 0.191 e. The number of hydrogen-bond acceptors (Lipinski definition) is 4.